The van der Waals surface area contributed by atoms with E-state index in [4.69, 9.17) is 0 Å². The molecule has 0 aromatic heterocycles. The third kappa shape index (κ3) is 0.905. The van der Waals surface area contributed by atoms with Crippen molar-refractivity contribution >= 4 is 0 Å². The molecule has 0 unspecified atom stereocenters. The fourth-order valence-electron chi connectivity index (χ4n) is 1.29. The molecule has 0 aromatic carbocycles. The highest BCUT2D eigenvalue weighted by Crippen LogP contribution is 2.26. The van der Waals surface area contributed by atoms with Crippen LogP contribution in [-0.2, 0) is 0 Å². The number of hydrogen-bond donors (Lipinski definition) is 0. The molecule has 0 N–H and O–H groups in total. The zero-order chi connectivity index (χ0) is 9.38. The quantitative estimate of drug-likeness (QED) is 0.499. The van der Waals surface area contributed by atoms with Crippen molar-refractivity contribution < 1.29 is 0 Å². The van der Waals surface area contributed by atoms with Gasteiger partial charge in [-0.1, -0.05) is 0 Å². The highest BCUT2D eigenvalue weighted by Gasteiger charge is 2.15. The molecule has 0 saturated carbocycles. The van der Waals surface area contributed by atoms with Gasteiger partial charge in [-0.15, -0.1) is 10.2 Å². The van der Waals surface area contributed by atoms with Gasteiger partial charge in [0.05, 0.1) is 29.8 Å². The third-order valence-electron chi connectivity index (χ3n) is 1.93. The van der Waals surface area contributed by atoms with Crippen molar-refractivity contribution in [2.75, 3.05) is 0 Å². The van der Waals surface area contributed by atoms with E-state index in [0.29, 0.717) is 11.4 Å². The maximum atomic E-state index is 3.95. The zero-order valence-electron chi connectivity index (χ0n) is 6.99. The van der Waals surface area contributed by atoms with Gasteiger partial charge in [0.1, 0.15) is 11.4 Å². The first-order chi connectivity index (χ1) is 6.95. The number of hydrogen-bond acceptors (Lipinski definition) is 6. The van der Waals surface area contributed by atoms with E-state index in [1.54, 1.807) is 24.7 Å². The second kappa shape index (κ2) is 2.63. The molecule has 3 rings (SSSR count). The summed E-state index contributed by atoms with van der Waals surface area (Å²) in [6.07, 6.45) is 4.78. The molecule has 0 saturated heterocycles. The number of nitrogens with zero attached hydrogens (tertiary/aromatic N) is 6. The normalized spacial score (nSPS) is 10.9. The summed E-state index contributed by atoms with van der Waals surface area (Å²) in [6, 6.07) is 1.74. The van der Waals surface area contributed by atoms with Crippen LogP contribution in [0, 0.1) is 0 Å². The molecule has 3 aliphatic rings. The fraction of sp³-hybridized carbons (Fsp3) is 0. The molecule has 0 bridgehead atoms. The summed E-state index contributed by atoms with van der Waals surface area (Å²) in [4.78, 5) is 0. The molecule has 66 valence electrons. The summed E-state index contributed by atoms with van der Waals surface area (Å²) in [6.45, 7) is 0. The van der Waals surface area contributed by atoms with Gasteiger partial charge in [-0.2, -0.15) is 20.4 Å². The fourth-order valence-corrected chi connectivity index (χ4v) is 1.29. The van der Waals surface area contributed by atoms with Crippen LogP contribution in [0.25, 0.3) is 22.6 Å². The summed E-state index contributed by atoms with van der Waals surface area (Å²) in [7, 11) is 0. The lowest BCUT2D eigenvalue weighted by Crippen LogP contribution is -1.86. The average Bonchev–Trinajstić information content (AvgIpc) is 2.75. The molecule has 0 radical (unpaired) electrons. The Hall–Kier alpha value is -2.24. The SMILES string of the molecule is c1cc2nncc-2c2nncc-2nn1. The number of aromatic nitrogens is 6. The van der Waals surface area contributed by atoms with Gasteiger partial charge in [0.15, 0.2) is 0 Å². The monoisotopic (exact) mass is 184 g/mol. The first-order valence-electron chi connectivity index (χ1n) is 3.99. The van der Waals surface area contributed by atoms with Crippen LogP contribution in [0.4, 0.5) is 0 Å². The molecule has 0 spiro atoms. The molecule has 0 atom stereocenters. The summed E-state index contributed by atoms with van der Waals surface area (Å²) >= 11 is 0. The number of rotatable bonds is 0. The van der Waals surface area contributed by atoms with Gasteiger partial charge in [-0.05, 0) is 6.07 Å². The molecule has 0 aromatic rings. The van der Waals surface area contributed by atoms with Crippen LogP contribution >= 0.6 is 0 Å². The largest absolute Gasteiger partial charge is 0.158 e. The molecule has 3 aliphatic heterocycles. The van der Waals surface area contributed by atoms with Gasteiger partial charge in [-0.25, -0.2) is 0 Å². The van der Waals surface area contributed by atoms with Gasteiger partial charge in [-0.3, -0.25) is 0 Å². The predicted octanol–water partition coefficient (Wildman–Crippen LogP) is 0.266. The smallest absolute Gasteiger partial charge is 0.134 e. The van der Waals surface area contributed by atoms with Crippen molar-refractivity contribution in [2.24, 2.45) is 0 Å². The minimum Gasteiger partial charge on any atom is -0.158 e. The lowest BCUT2D eigenvalue weighted by Gasteiger charge is -1.94. The second-order valence-electron chi connectivity index (χ2n) is 2.75. The number of fused-ring (bicyclic) bond motifs is 3. The molecule has 0 amide bonds. The summed E-state index contributed by atoms with van der Waals surface area (Å²) < 4.78 is 0. The Morgan fingerprint density at radius 3 is 2.64 bits per heavy atom. The van der Waals surface area contributed by atoms with Gasteiger partial charge in [0.2, 0.25) is 0 Å². The van der Waals surface area contributed by atoms with Crippen molar-refractivity contribution in [3.05, 3.63) is 24.7 Å². The molecule has 6 heteroatoms. The van der Waals surface area contributed by atoms with Crippen molar-refractivity contribution in [1.82, 2.24) is 30.6 Å². The van der Waals surface area contributed by atoms with Crippen molar-refractivity contribution in [1.29, 1.82) is 0 Å². The third-order valence-corrected chi connectivity index (χ3v) is 1.93. The van der Waals surface area contributed by atoms with E-state index in [2.05, 4.69) is 30.6 Å². The maximum Gasteiger partial charge on any atom is 0.134 e. The molecule has 6 nitrogen and oxygen atoms in total. The summed E-state index contributed by atoms with van der Waals surface area (Å²) in [5.41, 5.74) is 2.90. The molecule has 0 aliphatic carbocycles. The Balaban J connectivity index is 2.43. The van der Waals surface area contributed by atoms with Crippen LogP contribution in [0.1, 0.15) is 0 Å². The average molecular weight is 184 g/mol. The highest BCUT2D eigenvalue weighted by atomic mass is 15.2. The first kappa shape index (κ1) is 7.19. The molecule has 14 heavy (non-hydrogen) atoms. The van der Waals surface area contributed by atoms with Crippen LogP contribution < -0.4 is 0 Å². The molecule has 0 fully saturated rings. The summed E-state index contributed by atoms with van der Waals surface area (Å²) in [5.74, 6) is 0. The Bertz CT molecular complexity index is 476. The standard InChI is InChI=1S/C8H4N6/c1-2-9-13-7-4-11-14-8(7)5-3-10-12-6(1)5/h1-4H. The second-order valence-corrected chi connectivity index (χ2v) is 2.75. The Labute approximate surface area is 78.7 Å². The van der Waals surface area contributed by atoms with Crippen molar-refractivity contribution in [3.63, 3.8) is 0 Å². The predicted molar refractivity (Wildman–Crippen MR) is 46.5 cm³/mol. The van der Waals surface area contributed by atoms with Gasteiger partial charge < -0.3 is 0 Å². The minimum atomic E-state index is 0.644. The van der Waals surface area contributed by atoms with Gasteiger partial charge in [0.25, 0.3) is 0 Å². The first-order valence-corrected chi connectivity index (χ1v) is 3.99. The Morgan fingerprint density at radius 2 is 1.64 bits per heavy atom. The minimum absolute atomic E-state index is 0.644. The maximum absolute atomic E-state index is 3.95. The van der Waals surface area contributed by atoms with E-state index >= 15 is 0 Å². The van der Waals surface area contributed by atoms with Crippen molar-refractivity contribution in [2.45, 2.75) is 0 Å². The molecular weight excluding hydrogens is 180 g/mol. The van der Waals surface area contributed by atoms with Crippen LogP contribution in [0.3, 0.4) is 0 Å². The lowest BCUT2D eigenvalue weighted by molar-refractivity contribution is 1.04. The van der Waals surface area contributed by atoms with E-state index in [9.17, 15) is 0 Å². The molecular formula is C8H4N6. The Morgan fingerprint density at radius 1 is 0.786 bits per heavy atom. The van der Waals surface area contributed by atoms with Crippen LogP contribution in [0.5, 0.6) is 0 Å². The Kier molecular flexibility index (Phi) is 1.35. The lowest BCUT2D eigenvalue weighted by atomic mass is 10.1. The summed E-state index contributed by atoms with van der Waals surface area (Å²) in [5, 5.41) is 23.2. The topological polar surface area (TPSA) is 77.3 Å². The van der Waals surface area contributed by atoms with Crippen LogP contribution in [-0.4, -0.2) is 30.6 Å². The highest BCUT2D eigenvalue weighted by molar-refractivity contribution is 5.76. The van der Waals surface area contributed by atoms with Crippen molar-refractivity contribution in [3.8, 4) is 22.6 Å². The van der Waals surface area contributed by atoms with E-state index in [-0.39, 0.29) is 0 Å². The van der Waals surface area contributed by atoms with Gasteiger partial charge >= 0.3 is 0 Å². The van der Waals surface area contributed by atoms with Crippen LogP contribution in [0.15, 0.2) is 24.7 Å². The zero-order valence-corrected chi connectivity index (χ0v) is 6.99. The van der Waals surface area contributed by atoms with E-state index in [0.717, 1.165) is 11.3 Å². The van der Waals surface area contributed by atoms with E-state index < -0.39 is 0 Å². The van der Waals surface area contributed by atoms with Crippen LogP contribution in [0.2, 0.25) is 0 Å². The van der Waals surface area contributed by atoms with E-state index in [1.165, 1.54) is 0 Å². The molecule has 3 heterocycles. The van der Waals surface area contributed by atoms with Gasteiger partial charge in [0, 0.05) is 0 Å². The van der Waals surface area contributed by atoms with E-state index in [1.807, 2.05) is 0 Å².